The fraction of sp³-hybridized carbons (Fsp3) is 0.310. The van der Waals surface area contributed by atoms with Crippen LogP contribution in [0.1, 0.15) is 53.3 Å². The average Bonchev–Trinajstić information content (AvgIpc) is 3.65. The summed E-state index contributed by atoms with van der Waals surface area (Å²) in [5.41, 5.74) is 4.34. The Morgan fingerprint density at radius 1 is 0.973 bits per heavy atom. The first kappa shape index (κ1) is 24.5. The second kappa shape index (κ2) is 11.2. The number of hydrogen-bond donors (Lipinski definition) is 1. The molecule has 5 rings (SSSR count). The third kappa shape index (κ3) is 5.97. The minimum Gasteiger partial charge on any atom is -0.490 e. The van der Waals surface area contributed by atoms with Crippen LogP contribution < -0.4 is 19.5 Å². The van der Waals surface area contributed by atoms with Gasteiger partial charge in [-0.3, -0.25) is 9.48 Å². The fourth-order valence-corrected chi connectivity index (χ4v) is 4.46. The molecule has 8 heteroatoms. The van der Waals surface area contributed by atoms with Crippen LogP contribution in [0.15, 0.2) is 65.3 Å². The maximum absolute atomic E-state index is 12.7. The van der Waals surface area contributed by atoms with Gasteiger partial charge in [0.15, 0.2) is 17.3 Å². The van der Waals surface area contributed by atoms with Gasteiger partial charge in [0.25, 0.3) is 5.91 Å². The summed E-state index contributed by atoms with van der Waals surface area (Å²) < 4.78 is 24.7. The number of rotatable bonds is 11. The second-order valence-corrected chi connectivity index (χ2v) is 8.87. The molecule has 0 bridgehead atoms. The van der Waals surface area contributed by atoms with Crippen molar-refractivity contribution >= 4 is 11.6 Å². The van der Waals surface area contributed by atoms with E-state index >= 15 is 0 Å². The van der Waals surface area contributed by atoms with Crippen LogP contribution in [0, 0.1) is 0 Å². The van der Waals surface area contributed by atoms with E-state index in [1.807, 2.05) is 38.1 Å². The number of aromatic nitrogens is 2. The SMILES string of the molecule is CCOc1ccc(Cn2cc(NC(=O)c3ccc(COc4ccc5c(c4)CCC5)o3)cn2)cc1OCC. The number of carbonyl (C=O) groups excluding carboxylic acids is 1. The van der Waals surface area contributed by atoms with Gasteiger partial charge in [0.2, 0.25) is 0 Å². The number of nitrogens with one attached hydrogen (secondary N) is 1. The minimum absolute atomic E-state index is 0.216. The van der Waals surface area contributed by atoms with Crippen molar-refractivity contribution in [3.05, 3.63) is 89.1 Å². The molecule has 0 atom stereocenters. The van der Waals surface area contributed by atoms with E-state index in [-0.39, 0.29) is 18.3 Å². The highest BCUT2D eigenvalue weighted by Crippen LogP contribution is 2.29. The van der Waals surface area contributed by atoms with Gasteiger partial charge in [0.05, 0.1) is 31.6 Å². The zero-order valence-corrected chi connectivity index (χ0v) is 21.2. The lowest BCUT2D eigenvalue weighted by Gasteiger charge is -2.12. The summed E-state index contributed by atoms with van der Waals surface area (Å²) in [7, 11) is 0. The van der Waals surface area contributed by atoms with Crippen LogP contribution >= 0.6 is 0 Å². The summed E-state index contributed by atoms with van der Waals surface area (Å²) in [6.45, 7) is 5.78. The zero-order valence-electron chi connectivity index (χ0n) is 21.2. The average molecular weight is 502 g/mol. The monoisotopic (exact) mass is 501 g/mol. The fourth-order valence-electron chi connectivity index (χ4n) is 4.46. The molecule has 0 radical (unpaired) electrons. The van der Waals surface area contributed by atoms with E-state index < -0.39 is 0 Å². The maximum atomic E-state index is 12.7. The van der Waals surface area contributed by atoms with E-state index in [4.69, 9.17) is 18.6 Å². The minimum atomic E-state index is -0.344. The van der Waals surface area contributed by atoms with Gasteiger partial charge in [0, 0.05) is 6.20 Å². The Labute approximate surface area is 216 Å². The predicted octanol–water partition coefficient (Wildman–Crippen LogP) is 5.64. The first-order chi connectivity index (χ1) is 18.1. The predicted molar refractivity (Wildman–Crippen MR) is 140 cm³/mol. The molecule has 192 valence electrons. The summed E-state index contributed by atoms with van der Waals surface area (Å²) in [4.78, 5) is 12.7. The number of benzene rings is 2. The summed E-state index contributed by atoms with van der Waals surface area (Å²) in [6, 6.07) is 15.5. The molecule has 2 aromatic heterocycles. The van der Waals surface area contributed by atoms with Gasteiger partial charge >= 0.3 is 0 Å². The second-order valence-electron chi connectivity index (χ2n) is 8.87. The van der Waals surface area contributed by atoms with Gasteiger partial charge in [0.1, 0.15) is 18.1 Å². The number of aryl methyl sites for hydroxylation is 2. The molecular formula is C29H31N3O5. The zero-order chi connectivity index (χ0) is 25.6. The van der Waals surface area contributed by atoms with Crippen molar-refractivity contribution < 1.29 is 23.4 Å². The summed E-state index contributed by atoms with van der Waals surface area (Å²) in [6.07, 6.45) is 6.82. The molecule has 1 N–H and O–H groups in total. The molecule has 0 fully saturated rings. The number of furan rings is 1. The van der Waals surface area contributed by atoms with E-state index in [1.165, 1.54) is 17.5 Å². The van der Waals surface area contributed by atoms with E-state index in [1.54, 1.807) is 29.2 Å². The van der Waals surface area contributed by atoms with Crippen LogP contribution in [0.2, 0.25) is 0 Å². The van der Waals surface area contributed by atoms with Crippen molar-refractivity contribution in [1.82, 2.24) is 9.78 Å². The molecule has 8 nitrogen and oxygen atoms in total. The molecule has 0 saturated carbocycles. The van der Waals surface area contributed by atoms with Crippen molar-refractivity contribution in [3.8, 4) is 17.2 Å². The van der Waals surface area contributed by atoms with E-state index in [2.05, 4.69) is 22.5 Å². The molecule has 4 aromatic rings. The van der Waals surface area contributed by atoms with Crippen LogP contribution in [0.5, 0.6) is 17.2 Å². The first-order valence-corrected chi connectivity index (χ1v) is 12.7. The van der Waals surface area contributed by atoms with Crippen molar-refractivity contribution in [2.75, 3.05) is 18.5 Å². The topological polar surface area (TPSA) is 87.8 Å². The molecule has 1 amide bonds. The van der Waals surface area contributed by atoms with Crippen LogP contribution in [0.4, 0.5) is 5.69 Å². The molecule has 1 aliphatic carbocycles. The van der Waals surface area contributed by atoms with Gasteiger partial charge in [-0.2, -0.15) is 5.10 Å². The molecular weight excluding hydrogens is 470 g/mol. The van der Waals surface area contributed by atoms with Crippen LogP contribution in [-0.4, -0.2) is 28.9 Å². The quantitative estimate of drug-likeness (QED) is 0.286. The Kier molecular flexibility index (Phi) is 7.44. The van der Waals surface area contributed by atoms with Gasteiger partial charge in [-0.05, 0) is 86.2 Å². The van der Waals surface area contributed by atoms with E-state index in [0.29, 0.717) is 37.0 Å². The standard InChI is InChI=1S/C29H31N3O5/c1-3-34-26-12-8-20(14-28(26)35-4-2)17-32-18-23(16-30-32)31-29(33)27-13-11-25(37-27)19-36-24-10-9-21-6-5-7-22(21)15-24/h8-16,18H,3-7,17,19H2,1-2H3,(H,31,33). The largest absolute Gasteiger partial charge is 0.490 e. The molecule has 37 heavy (non-hydrogen) atoms. The highest BCUT2D eigenvalue weighted by atomic mass is 16.5. The highest BCUT2D eigenvalue weighted by molar-refractivity contribution is 6.02. The molecule has 0 spiro atoms. The lowest BCUT2D eigenvalue weighted by atomic mass is 10.1. The van der Waals surface area contributed by atoms with Gasteiger partial charge in [-0.25, -0.2) is 0 Å². The molecule has 0 saturated heterocycles. The normalized spacial score (nSPS) is 12.3. The molecule has 1 aliphatic rings. The maximum Gasteiger partial charge on any atom is 0.291 e. The van der Waals surface area contributed by atoms with Gasteiger partial charge < -0.3 is 23.9 Å². The molecule has 2 heterocycles. The Hall–Kier alpha value is -4.20. The molecule has 0 unspecified atom stereocenters. The van der Waals surface area contributed by atoms with Crippen molar-refractivity contribution in [2.45, 2.75) is 46.3 Å². The van der Waals surface area contributed by atoms with Crippen molar-refractivity contribution in [2.24, 2.45) is 0 Å². The summed E-state index contributed by atoms with van der Waals surface area (Å²) in [5.74, 6) is 2.70. The van der Waals surface area contributed by atoms with E-state index in [0.717, 1.165) is 29.9 Å². The number of ether oxygens (including phenoxy) is 3. The third-order valence-electron chi connectivity index (χ3n) is 6.18. The number of amides is 1. The lowest BCUT2D eigenvalue weighted by molar-refractivity contribution is 0.0992. The Bertz CT molecular complexity index is 1370. The summed E-state index contributed by atoms with van der Waals surface area (Å²) >= 11 is 0. The van der Waals surface area contributed by atoms with Crippen molar-refractivity contribution in [1.29, 1.82) is 0 Å². The van der Waals surface area contributed by atoms with E-state index in [9.17, 15) is 4.79 Å². The van der Waals surface area contributed by atoms with Crippen LogP contribution in [0.3, 0.4) is 0 Å². The van der Waals surface area contributed by atoms with Crippen LogP contribution in [0.25, 0.3) is 0 Å². The third-order valence-corrected chi connectivity index (χ3v) is 6.18. The number of nitrogens with zero attached hydrogens (tertiary/aromatic N) is 2. The van der Waals surface area contributed by atoms with Crippen LogP contribution in [-0.2, 0) is 26.0 Å². The highest BCUT2D eigenvalue weighted by Gasteiger charge is 2.15. The first-order valence-electron chi connectivity index (χ1n) is 12.7. The van der Waals surface area contributed by atoms with Gasteiger partial charge in [-0.1, -0.05) is 12.1 Å². The number of carbonyl (C=O) groups is 1. The Morgan fingerprint density at radius 2 is 1.81 bits per heavy atom. The molecule has 2 aromatic carbocycles. The Balaban J connectivity index is 1.16. The number of anilines is 1. The lowest BCUT2D eigenvalue weighted by Crippen LogP contribution is -2.10. The van der Waals surface area contributed by atoms with Gasteiger partial charge in [-0.15, -0.1) is 0 Å². The number of fused-ring (bicyclic) bond motifs is 1. The number of hydrogen-bond acceptors (Lipinski definition) is 6. The summed E-state index contributed by atoms with van der Waals surface area (Å²) in [5, 5.41) is 7.20. The Morgan fingerprint density at radius 3 is 2.68 bits per heavy atom. The van der Waals surface area contributed by atoms with Crippen molar-refractivity contribution in [3.63, 3.8) is 0 Å². The molecule has 0 aliphatic heterocycles. The smallest absolute Gasteiger partial charge is 0.291 e.